The van der Waals surface area contributed by atoms with E-state index in [4.69, 9.17) is 11.6 Å². The molecule has 1 aromatic heterocycles. The van der Waals surface area contributed by atoms with Gasteiger partial charge in [-0.2, -0.15) is 31.4 Å². The Morgan fingerprint density at radius 3 is 2.25 bits per heavy atom. The van der Waals surface area contributed by atoms with Crippen molar-refractivity contribution >= 4 is 23.2 Å². The Kier molecular flexibility index (Phi) is 4.48. The van der Waals surface area contributed by atoms with Gasteiger partial charge in [-0.1, -0.05) is 11.6 Å². The number of rotatable bonds is 2. The van der Waals surface area contributed by atoms with Crippen LogP contribution in [0.5, 0.6) is 0 Å². The lowest BCUT2D eigenvalue weighted by Gasteiger charge is -2.11. The molecule has 0 unspecified atom stereocenters. The van der Waals surface area contributed by atoms with E-state index in [9.17, 15) is 35.5 Å². The molecule has 1 amide bonds. The van der Waals surface area contributed by atoms with Crippen LogP contribution in [0, 0.1) is 5.82 Å². The first kappa shape index (κ1) is 18.0. The van der Waals surface area contributed by atoms with Gasteiger partial charge in [-0.05, 0) is 18.2 Å². The summed E-state index contributed by atoms with van der Waals surface area (Å²) < 4.78 is 89.6. The van der Waals surface area contributed by atoms with Gasteiger partial charge in [0.2, 0.25) is 0 Å². The normalized spacial score (nSPS) is 12.3. The highest BCUT2D eigenvalue weighted by Gasteiger charge is 2.46. The zero-order valence-corrected chi connectivity index (χ0v) is 11.9. The van der Waals surface area contributed by atoms with Crippen LogP contribution >= 0.6 is 11.6 Å². The predicted octanol–water partition coefficient (Wildman–Crippen LogP) is 4.49. The fraction of sp³-hybridized carbons (Fsp3) is 0.167. The van der Waals surface area contributed by atoms with Gasteiger partial charge in [-0.25, -0.2) is 4.39 Å². The third kappa shape index (κ3) is 3.61. The highest BCUT2D eigenvalue weighted by molar-refractivity contribution is 6.31. The molecule has 4 nitrogen and oxygen atoms in total. The number of anilines is 1. The predicted molar refractivity (Wildman–Crippen MR) is 68.0 cm³/mol. The van der Waals surface area contributed by atoms with Gasteiger partial charge in [0.1, 0.15) is 11.4 Å². The Balaban J connectivity index is 2.47. The number of nitrogens with zero attached hydrogens (tertiary/aromatic N) is 1. The number of nitrogens with one attached hydrogen (secondary N) is 2. The molecule has 0 atom stereocenters. The van der Waals surface area contributed by atoms with Crippen molar-refractivity contribution in [3.05, 3.63) is 46.0 Å². The van der Waals surface area contributed by atoms with Crippen LogP contribution in [0.2, 0.25) is 5.02 Å². The van der Waals surface area contributed by atoms with E-state index in [0.29, 0.717) is 0 Å². The molecular formula is C12H5ClF7N3O. The number of alkyl halides is 6. The molecule has 0 aliphatic heterocycles. The molecule has 0 aliphatic carbocycles. The van der Waals surface area contributed by atoms with E-state index in [2.05, 4.69) is 5.10 Å². The Morgan fingerprint density at radius 2 is 1.75 bits per heavy atom. The fourth-order valence-corrected chi connectivity index (χ4v) is 1.92. The van der Waals surface area contributed by atoms with E-state index in [1.54, 1.807) is 5.32 Å². The van der Waals surface area contributed by atoms with E-state index < -0.39 is 46.1 Å². The second kappa shape index (κ2) is 5.96. The molecule has 24 heavy (non-hydrogen) atoms. The Hall–Kier alpha value is -2.30. The van der Waals surface area contributed by atoms with Gasteiger partial charge in [0.05, 0.1) is 5.02 Å². The van der Waals surface area contributed by atoms with Crippen LogP contribution in [-0.4, -0.2) is 16.1 Å². The highest BCUT2D eigenvalue weighted by Crippen LogP contribution is 2.38. The average molecular weight is 376 g/mol. The van der Waals surface area contributed by atoms with E-state index in [1.165, 1.54) is 5.10 Å². The molecule has 2 aromatic rings. The summed E-state index contributed by atoms with van der Waals surface area (Å²) in [6, 6.07) is 2.53. The number of carbonyl (C=O) groups is 1. The van der Waals surface area contributed by atoms with Crippen LogP contribution in [-0.2, 0) is 12.4 Å². The van der Waals surface area contributed by atoms with Crippen molar-refractivity contribution < 1.29 is 35.5 Å². The molecule has 0 aliphatic rings. The van der Waals surface area contributed by atoms with Crippen LogP contribution in [0.15, 0.2) is 18.2 Å². The van der Waals surface area contributed by atoms with Gasteiger partial charge in [0.15, 0.2) is 11.4 Å². The molecule has 1 aromatic carbocycles. The molecule has 130 valence electrons. The number of benzene rings is 1. The molecule has 0 spiro atoms. The first-order chi connectivity index (χ1) is 10.9. The summed E-state index contributed by atoms with van der Waals surface area (Å²) >= 11 is 5.43. The minimum atomic E-state index is -5.30. The smallest absolute Gasteiger partial charge is 0.322 e. The second-order valence-corrected chi connectivity index (χ2v) is 4.81. The second-order valence-electron chi connectivity index (χ2n) is 4.40. The van der Waals surface area contributed by atoms with E-state index >= 15 is 0 Å². The van der Waals surface area contributed by atoms with Gasteiger partial charge >= 0.3 is 12.4 Å². The summed E-state index contributed by atoms with van der Waals surface area (Å²) in [6.45, 7) is 0. The Bertz CT molecular complexity index is 750. The average Bonchev–Trinajstić information content (AvgIpc) is 2.87. The monoisotopic (exact) mass is 375 g/mol. The van der Waals surface area contributed by atoms with Crippen LogP contribution < -0.4 is 5.32 Å². The third-order valence-electron chi connectivity index (χ3n) is 2.72. The van der Waals surface area contributed by atoms with Gasteiger partial charge in [0.25, 0.3) is 5.91 Å². The van der Waals surface area contributed by atoms with Crippen LogP contribution in [0.25, 0.3) is 0 Å². The quantitative estimate of drug-likeness (QED) is 0.760. The van der Waals surface area contributed by atoms with Crippen LogP contribution in [0.3, 0.4) is 0 Å². The number of aromatic nitrogens is 2. The molecule has 2 rings (SSSR count). The van der Waals surface area contributed by atoms with E-state index in [0.717, 1.165) is 18.2 Å². The maximum atomic E-state index is 13.0. The Morgan fingerprint density at radius 1 is 1.12 bits per heavy atom. The lowest BCUT2D eigenvalue weighted by Crippen LogP contribution is -2.22. The molecule has 2 N–H and O–H groups in total. The zero-order chi connectivity index (χ0) is 18.3. The van der Waals surface area contributed by atoms with Crippen molar-refractivity contribution in [1.82, 2.24) is 10.2 Å². The summed E-state index contributed by atoms with van der Waals surface area (Å²) in [5.74, 6) is -2.61. The van der Waals surface area contributed by atoms with Gasteiger partial charge < -0.3 is 5.32 Å². The van der Waals surface area contributed by atoms with Crippen molar-refractivity contribution in [1.29, 1.82) is 0 Å². The molecule has 0 radical (unpaired) electrons. The van der Waals surface area contributed by atoms with Crippen LogP contribution in [0.1, 0.15) is 21.7 Å². The topological polar surface area (TPSA) is 57.8 Å². The molecule has 0 saturated heterocycles. The maximum Gasteiger partial charge on any atom is 0.435 e. The summed E-state index contributed by atoms with van der Waals surface area (Å²) in [5, 5.41) is 5.01. The minimum Gasteiger partial charge on any atom is -0.322 e. The number of amides is 1. The lowest BCUT2D eigenvalue weighted by molar-refractivity contribution is -0.143. The number of H-pyrrole nitrogens is 1. The van der Waals surface area contributed by atoms with Gasteiger partial charge in [-0.15, -0.1) is 0 Å². The van der Waals surface area contributed by atoms with E-state index in [-0.39, 0.29) is 5.69 Å². The molecular weight excluding hydrogens is 371 g/mol. The Labute approximate surface area is 133 Å². The molecule has 0 bridgehead atoms. The number of aromatic amines is 1. The van der Waals surface area contributed by atoms with Crippen LogP contribution in [0.4, 0.5) is 36.4 Å². The third-order valence-corrected chi connectivity index (χ3v) is 3.01. The SMILES string of the molecule is O=C(Nc1ccc(F)c(Cl)c1)c1c(C(F)(F)F)n[nH]c1C(F)(F)F. The van der Waals surface area contributed by atoms with Crippen molar-refractivity contribution in [3.8, 4) is 0 Å². The first-order valence-corrected chi connectivity index (χ1v) is 6.28. The molecule has 12 heteroatoms. The largest absolute Gasteiger partial charge is 0.435 e. The zero-order valence-electron chi connectivity index (χ0n) is 11.1. The standard InChI is InChI=1S/C12H5ClF7N3O/c13-5-3-4(1-2-6(5)14)21-10(24)7-8(11(15,16)17)22-23-9(7)12(18,19)20/h1-3H,(H,21,24)(H,22,23). The van der Waals surface area contributed by atoms with Crippen molar-refractivity contribution in [2.75, 3.05) is 5.32 Å². The van der Waals surface area contributed by atoms with E-state index in [1.807, 2.05) is 0 Å². The molecule has 0 saturated carbocycles. The number of halogens is 8. The van der Waals surface area contributed by atoms with Gasteiger partial charge in [0, 0.05) is 5.69 Å². The summed E-state index contributed by atoms with van der Waals surface area (Å²) in [4.78, 5) is 11.9. The van der Waals surface area contributed by atoms with Crippen molar-refractivity contribution in [3.63, 3.8) is 0 Å². The lowest BCUT2D eigenvalue weighted by atomic mass is 10.1. The fourth-order valence-electron chi connectivity index (χ4n) is 1.74. The number of hydrogen-bond acceptors (Lipinski definition) is 2. The maximum absolute atomic E-state index is 13.0. The molecule has 1 heterocycles. The highest BCUT2D eigenvalue weighted by atomic mass is 35.5. The van der Waals surface area contributed by atoms with Crippen molar-refractivity contribution in [2.45, 2.75) is 12.4 Å². The minimum absolute atomic E-state index is 0.297. The summed E-state index contributed by atoms with van der Waals surface area (Å²) in [7, 11) is 0. The van der Waals surface area contributed by atoms with Crippen molar-refractivity contribution in [2.24, 2.45) is 0 Å². The number of hydrogen-bond donors (Lipinski definition) is 2. The summed E-state index contributed by atoms with van der Waals surface area (Å²) in [6.07, 6.45) is -10.6. The summed E-state index contributed by atoms with van der Waals surface area (Å²) in [5.41, 5.74) is -6.01. The van der Waals surface area contributed by atoms with Gasteiger partial charge in [-0.3, -0.25) is 9.89 Å². The molecule has 0 fully saturated rings. The first-order valence-electron chi connectivity index (χ1n) is 5.90. The number of carbonyl (C=O) groups excluding carboxylic acids is 1.